The van der Waals surface area contributed by atoms with Crippen molar-refractivity contribution in [1.29, 1.82) is 0 Å². The Bertz CT molecular complexity index is 626. The maximum atomic E-state index is 6.34. The molecule has 27 heavy (non-hydrogen) atoms. The van der Waals surface area contributed by atoms with Crippen LogP contribution in [0, 0.1) is 5.41 Å². The van der Waals surface area contributed by atoms with Crippen molar-refractivity contribution < 1.29 is 4.62 Å². The van der Waals surface area contributed by atoms with E-state index in [9.17, 15) is 0 Å². The standard InChI is InChI=1S/C20H37N4OPS/c1-10-23(7)26(9,21)25-24(8)18-13-11-17(12-14-18)22-16(2)15-19(3,4)20(5,6)27/h11-14,22H,2,10,15,21H2,1,3-9H3/p+1. The van der Waals surface area contributed by atoms with E-state index in [-0.39, 0.29) is 10.2 Å². The number of benzene rings is 1. The summed E-state index contributed by atoms with van der Waals surface area (Å²) in [5.74, 6) is 0. The highest BCUT2D eigenvalue weighted by molar-refractivity contribution is 7.81. The first-order chi connectivity index (χ1) is 12.2. The van der Waals surface area contributed by atoms with Crippen LogP contribution in [0.3, 0.4) is 0 Å². The van der Waals surface area contributed by atoms with Gasteiger partial charge in [0.05, 0.1) is 5.69 Å². The number of anilines is 2. The molecule has 0 spiro atoms. The van der Waals surface area contributed by atoms with Gasteiger partial charge in [0.25, 0.3) is 0 Å². The number of hydrogen-bond acceptors (Lipinski definition) is 6. The summed E-state index contributed by atoms with van der Waals surface area (Å²) < 4.78 is 7.96. The van der Waals surface area contributed by atoms with Gasteiger partial charge in [0.15, 0.2) is 0 Å². The zero-order valence-electron chi connectivity index (χ0n) is 18.2. The normalized spacial score (nSPS) is 14.8. The van der Waals surface area contributed by atoms with Gasteiger partial charge in [0.2, 0.25) is 0 Å². The van der Waals surface area contributed by atoms with E-state index in [1.54, 1.807) is 5.06 Å². The average molecular weight is 414 g/mol. The van der Waals surface area contributed by atoms with Gasteiger partial charge in [-0.05, 0) is 43.0 Å². The van der Waals surface area contributed by atoms with Gasteiger partial charge < -0.3 is 5.32 Å². The van der Waals surface area contributed by atoms with Crippen molar-refractivity contribution in [2.24, 2.45) is 10.9 Å². The van der Waals surface area contributed by atoms with E-state index in [4.69, 9.17) is 22.8 Å². The first kappa shape index (κ1) is 24.3. The SMILES string of the molecule is C=C(CC(C)(C)C(C)(C)S)Nc1ccc(N(C)O[P+](C)(N)N(C)CC)cc1. The molecule has 1 aromatic rings. The smallest absolute Gasteiger partial charge is 0.314 e. The third kappa shape index (κ3) is 6.95. The quantitative estimate of drug-likeness (QED) is 0.272. The molecule has 1 aromatic carbocycles. The van der Waals surface area contributed by atoms with Crippen LogP contribution in [0.4, 0.5) is 11.4 Å². The predicted molar refractivity (Wildman–Crippen MR) is 125 cm³/mol. The summed E-state index contributed by atoms with van der Waals surface area (Å²) in [6, 6.07) is 8.06. The molecule has 0 radical (unpaired) electrons. The minimum Gasteiger partial charge on any atom is -0.359 e. The molecule has 7 heteroatoms. The van der Waals surface area contributed by atoms with E-state index in [2.05, 4.69) is 46.5 Å². The number of hydroxylamine groups is 1. The number of rotatable bonds is 10. The van der Waals surface area contributed by atoms with E-state index < -0.39 is 7.79 Å². The second kappa shape index (κ2) is 9.15. The van der Waals surface area contributed by atoms with E-state index in [1.807, 2.05) is 49.7 Å². The van der Waals surface area contributed by atoms with Crippen molar-refractivity contribution in [2.45, 2.75) is 45.8 Å². The summed E-state index contributed by atoms with van der Waals surface area (Å²) in [5, 5.41) is 5.14. The van der Waals surface area contributed by atoms with E-state index in [0.29, 0.717) is 0 Å². The molecule has 3 N–H and O–H groups in total. The minimum absolute atomic E-state index is 0.0226. The molecule has 1 unspecified atom stereocenters. The molecule has 0 bridgehead atoms. The zero-order chi connectivity index (χ0) is 21.0. The Kier molecular flexibility index (Phi) is 8.22. The monoisotopic (exact) mass is 413 g/mol. The van der Waals surface area contributed by atoms with Crippen molar-refractivity contribution in [2.75, 3.05) is 37.7 Å². The van der Waals surface area contributed by atoms with Gasteiger partial charge in [-0.15, -0.1) is 4.67 Å². The van der Waals surface area contributed by atoms with Crippen LogP contribution in [0.1, 0.15) is 41.0 Å². The van der Waals surface area contributed by atoms with Gasteiger partial charge in [-0.25, -0.2) is 5.06 Å². The molecular weight excluding hydrogens is 375 g/mol. The second-order valence-electron chi connectivity index (χ2n) is 8.39. The van der Waals surface area contributed by atoms with Crippen molar-refractivity contribution in [3.8, 4) is 0 Å². The van der Waals surface area contributed by atoms with Crippen LogP contribution in [0.2, 0.25) is 0 Å². The Morgan fingerprint density at radius 2 is 1.74 bits per heavy atom. The summed E-state index contributed by atoms with van der Waals surface area (Å²) in [6.07, 6.45) is 0.841. The van der Waals surface area contributed by atoms with Gasteiger partial charge in [-0.2, -0.15) is 18.1 Å². The molecule has 0 aliphatic rings. The fourth-order valence-corrected chi connectivity index (χ4v) is 3.75. The highest BCUT2D eigenvalue weighted by Gasteiger charge is 2.37. The summed E-state index contributed by atoms with van der Waals surface area (Å²) >= 11 is 4.73. The maximum Gasteiger partial charge on any atom is 0.314 e. The highest BCUT2D eigenvalue weighted by atomic mass is 32.1. The van der Waals surface area contributed by atoms with Gasteiger partial charge in [0, 0.05) is 36.8 Å². The lowest BCUT2D eigenvalue weighted by Gasteiger charge is -2.38. The van der Waals surface area contributed by atoms with E-state index >= 15 is 0 Å². The number of thiol groups is 1. The fourth-order valence-electron chi connectivity index (χ4n) is 2.39. The molecule has 0 aliphatic heterocycles. The zero-order valence-corrected chi connectivity index (χ0v) is 20.0. The Morgan fingerprint density at radius 1 is 1.22 bits per heavy atom. The Hall–Kier alpha value is -0.780. The number of nitrogens with zero attached hydrogens (tertiary/aromatic N) is 2. The number of hydrogen-bond donors (Lipinski definition) is 3. The third-order valence-corrected chi connectivity index (χ3v) is 8.11. The van der Waals surface area contributed by atoms with Crippen molar-refractivity contribution in [3.05, 3.63) is 36.5 Å². The highest BCUT2D eigenvalue weighted by Crippen LogP contribution is 2.51. The number of nitrogens with one attached hydrogen (secondary N) is 1. The first-order valence-corrected chi connectivity index (χ1v) is 11.9. The summed E-state index contributed by atoms with van der Waals surface area (Å²) in [5.41, 5.74) is 9.29. The molecule has 0 aromatic heterocycles. The molecule has 0 saturated heterocycles. The van der Waals surface area contributed by atoms with Crippen molar-refractivity contribution in [1.82, 2.24) is 4.67 Å². The molecule has 0 heterocycles. The van der Waals surface area contributed by atoms with Gasteiger partial charge in [-0.1, -0.05) is 38.9 Å². The Labute approximate surface area is 172 Å². The summed E-state index contributed by atoms with van der Waals surface area (Å²) in [7, 11) is 1.76. The number of allylic oxidation sites excluding steroid dienone is 1. The van der Waals surface area contributed by atoms with Crippen LogP contribution < -0.4 is 15.9 Å². The molecule has 0 fully saturated rings. The molecule has 1 rings (SSSR count). The number of nitrogens with two attached hydrogens (primary N) is 1. The topological polar surface area (TPSA) is 53.8 Å². The molecular formula is C20H38N4OPS+. The average Bonchev–Trinajstić information content (AvgIpc) is 2.52. The fraction of sp³-hybridized carbons (Fsp3) is 0.600. The van der Waals surface area contributed by atoms with E-state index in [0.717, 1.165) is 30.0 Å². The van der Waals surface area contributed by atoms with Crippen LogP contribution in [0.15, 0.2) is 36.5 Å². The van der Waals surface area contributed by atoms with Gasteiger partial charge in [-0.3, -0.25) is 0 Å². The molecule has 0 saturated carbocycles. The molecule has 1 atom stereocenters. The third-order valence-electron chi connectivity index (χ3n) is 5.29. The van der Waals surface area contributed by atoms with Crippen LogP contribution in [0.5, 0.6) is 0 Å². The predicted octanol–water partition coefficient (Wildman–Crippen LogP) is 5.41. The first-order valence-electron chi connectivity index (χ1n) is 9.27. The van der Waals surface area contributed by atoms with Crippen LogP contribution >= 0.6 is 20.4 Å². The largest absolute Gasteiger partial charge is 0.359 e. The summed E-state index contributed by atoms with van der Waals surface area (Å²) in [6.45, 7) is 17.8. The van der Waals surface area contributed by atoms with Gasteiger partial charge >= 0.3 is 7.79 Å². The van der Waals surface area contributed by atoms with Crippen LogP contribution in [-0.2, 0) is 4.62 Å². The molecule has 5 nitrogen and oxygen atoms in total. The van der Waals surface area contributed by atoms with Gasteiger partial charge in [0.1, 0.15) is 6.66 Å². The lowest BCUT2D eigenvalue weighted by molar-refractivity contribution is 0.283. The Balaban J connectivity index is 2.72. The lowest BCUT2D eigenvalue weighted by Crippen LogP contribution is -2.34. The minimum atomic E-state index is -2.11. The van der Waals surface area contributed by atoms with E-state index in [1.165, 1.54) is 0 Å². The van der Waals surface area contributed by atoms with Crippen LogP contribution in [-0.4, -0.2) is 36.7 Å². The lowest BCUT2D eigenvalue weighted by atomic mass is 9.76. The summed E-state index contributed by atoms with van der Waals surface area (Å²) in [4.78, 5) is 0. The maximum absolute atomic E-state index is 6.34. The Morgan fingerprint density at radius 3 is 2.19 bits per heavy atom. The van der Waals surface area contributed by atoms with Crippen molar-refractivity contribution in [3.63, 3.8) is 0 Å². The molecule has 154 valence electrons. The molecule has 0 aliphatic carbocycles. The molecule has 0 amide bonds. The van der Waals surface area contributed by atoms with Crippen LogP contribution in [0.25, 0.3) is 0 Å². The second-order valence-corrected chi connectivity index (χ2v) is 12.2. The van der Waals surface area contributed by atoms with Crippen molar-refractivity contribution >= 4 is 31.8 Å².